The molecule has 1 aromatic carbocycles. The second-order valence-electron chi connectivity index (χ2n) is 4.41. The van der Waals surface area contributed by atoms with Crippen molar-refractivity contribution in [3.8, 4) is 0 Å². The summed E-state index contributed by atoms with van der Waals surface area (Å²) >= 11 is 3.44. The van der Waals surface area contributed by atoms with Gasteiger partial charge in [-0.3, -0.25) is 9.59 Å². The van der Waals surface area contributed by atoms with Crippen LogP contribution >= 0.6 is 23.5 Å². The molecule has 5 heteroatoms. The van der Waals surface area contributed by atoms with E-state index in [-0.39, 0.29) is 16.3 Å². The minimum atomic E-state index is -0.560. The number of benzene rings is 1. The molecule has 1 aromatic rings. The fourth-order valence-corrected chi connectivity index (χ4v) is 5.19. The van der Waals surface area contributed by atoms with Gasteiger partial charge in [0.05, 0.1) is 4.58 Å². The lowest BCUT2D eigenvalue weighted by atomic mass is 10.1. The molecule has 1 amide bonds. The molecule has 1 aliphatic heterocycles. The smallest absolute Gasteiger partial charge is 0.236 e. The number of carbonyl (C=O) groups is 2. The molecular weight excluding hydrogens is 278 g/mol. The SMILES string of the molecule is CC(=O)C(C(=O)Nc1ccccc1)C1SCCCS1. The second kappa shape index (κ2) is 7.01. The zero-order valence-electron chi connectivity index (χ0n) is 10.8. The van der Waals surface area contributed by atoms with Crippen LogP contribution in [0.3, 0.4) is 0 Å². The maximum absolute atomic E-state index is 12.3. The van der Waals surface area contributed by atoms with Gasteiger partial charge in [0.25, 0.3) is 0 Å². The van der Waals surface area contributed by atoms with Gasteiger partial charge in [-0.2, -0.15) is 0 Å². The van der Waals surface area contributed by atoms with E-state index in [0.29, 0.717) is 0 Å². The first-order valence-electron chi connectivity index (χ1n) is 6.28. The summed E-state index contributed by atoms with van der Waals surface area (Å²) < 4.78 is 0.0509. The van der Waals surface area contributed by atoms with Crippen molar-refractivity contribution in [2.75, 3.05) is 16.8 Å². The van der Waals surface area contributed by atoms with Crippen molar-refractivity contribution in [3.63, 3.8) is 0 Å². The number of hydrogen-bond acceptors (Lipinski definition) is 4. The predicted octanol–water partition coefficient (Wildman–Crippen LogP) is 3.03. The third-order valence-corrected chi connectivity index (χ3v) is 5.95. The maximum Gasteiger partial charge on any atom is 0.236 e. The van der Waals surface area contributed by atoms with Crippen LogP contribution in [0.25, 0.3) is 0 Å². The summed E-state index contributed by atoms with van der Waals surface area (Å²) in [5.41, 5.74) is 0.740. The van der Waals surface area contributed by atoms with E-state index in [1.165, 1.54) is 6.92 Å². The van der Waals surface area contributed by atoms with Gasteiger partial charge in [0.15, 0.2) is 0 Å². The summed E-state index contributed by atoms with van der Waals surface area (Å²) in [6, 6.07) is 9.28. The lowest BCUT2D eigenvalue weighted by molar-refractivity contribution is -0.129. The zero-order chi connectivity index (χ0) is 13.7. The summed E-state index contributed by atoms with van der Waals surface area (Å²) in [7, 11) is 0. The summed E-state index contributed by atoms with van der Waals surface area (Å²) in [5, 5.41) is 2.83. The number of hydrogen-bond donors (Lipinski definition) is 1. The van der Waals surface area contributed by atoms with Gasteiger partial charge in [-0.05, 0) is 37.0 Å². The minimum Gasteiger partial charge on any atom is -0.325 e. The van der Waals surface area contributed by atoms with Gasteiger partial charge < -0.3 is 5.32 Å². The van der Waals surface area contributed by atoms with Crippen LogP contribution in [0.5, 0.6) is 0 Å². The third kappa shape index (κ3) is 4.01. The topological polar surface area (TPSA) is 46.2 Å². The normalized spacial score (nSPS) is 17.7. The fraction of sp³-hybridized carbons (Fsp3) is 0.429. The van der Waals surface area contributed by atoms with Crippen molar-refractivity contribution in [2.24, 2.45) is 5.92 Å². The standard InChI is InChI=1S/C14H17NO2S2/c1-10(16)12(14-18-8-5-9-19-14)13(17)15-11-6-3-2-4-7-11/h2-4,6-7,12,14H,5,8-9H2,1H3,(H,15,17). The summed E-state index contributed by atoms with van der Waals surface area (Å²) in [5.74, 6) is 1.25. The third-order valence-electron chi connectivity index (χ3n) is 2.89. The molecule has 0 aromatic heterocycles. The molecular formula is C14H17NO2S2. The zero-order valence-corrected chi connectivity index (χ0v) is 12.4. The number of nitrogens with one attached hydrogen (secondary N) is 1. The highest BCUT2D eigenvalue weighted by molar-refractivity contribution is 8.17. The molecule has 1 N–H and O–H groups in total. The van der Waals surface area contributed by atoms with Crippen LogP contribution in [0, 0.1) is 5.92 Å². The molecule has 102 valence electrons. The van der Waals surface area contributed by atoms with Gasteiger partial charge in [0, 0.05) is 5.69 Å². The van der Waals surface area contributed by atoms with Gasteiger partial charge in [-0.25, -0.2) is 0 Å². The van der Waals surface area contributed by atoms with E-state index in [4.69, 9.17) is 0 Å². The number of amides is 1. The quantitative estimate of drug-likeness (QED) is 0.867. The lowest BCUT2D eigenvalue weighted by Gasteiger charge is -2.26. The Morgan fingerprint density at radius 1 is 1.21 bits per heavy atom. The molecule has 1 unspecified atom stereocenters. The summed E-state index contributed by atoms with van der Waals surface area (Å²) in [6.07, 6.45) is 1.15. The highest BCUT2D eigenvalue weighted by atomic mass is 32.2. The molecule has 1 atom stereocenters. The van der Waals surface area contributed by atoms with Crippen LogP contribution < -0.4 is 5.32 Å². The largest absolute Gasteiger partial charge is 0.325 e. The van der Waals surface area contributed by atoms with Crippen LogP contribution in [-0.4, -0.2) is 27.8 Å². The first-order valence-corrected chi connectivity index (χ1v) is 8.38. The first kappa shape index (κ1) is 14.5. The molecule has 0 aliphatic carbocycles. The number of carbonyl (C=O) groups excluding carboxylic acids is 2. The lowest BCUT2D eigenvalue weighted by Crippen LogP contribution is -2.36. The van der Waals surface area contributed by atoms with E-state index in [1.807, 2.05) is 30.3 Å². The molecule has 1 fully saturated rings. The van der Waals surface area contributed by atoms with Crippen molar-refractivity contribution in [2.45, 2.75) is 17.9 Å². The van der Waals surface area contributed by atoms with Crippen LogP contribution in [0.15, 0.2) is 30.3 Å². The number of Topliss-reactive ketones (excluding diaryl/α,β-unsaturated/α-hetero) is 1. The Kier molecular flexibility index (Phi) is 5.34. The highest BCUT2D eigenvalue weighted by Crippen LogP contribution is 2.36. The summed E-state index contributed by atoms with van der Waals surface area (Å²) in [6.45, 7) is 1.50. The fourth-order valence-electron chi connectivity index (χ4n) is 1.94. The van der Waals surface area contributed by atoms with Gasteiger partial charge in [0.2, 0.25) is 5.91 Å². The Morgan fingerprint density at radius 2 is 1.84 bits per heavy atom. The van der Waals surface area contributed by atoms with Crippen molar-refractivity contribution >= 4 is 40.9 Å². The number of rotatable bonds is 4. The van der Waals surface area contributed by atoms with E-state index in [9.17, 15) is 9.59 Å². The Hall–Kier alpha value is -0.940. The Bertz CT molecular complexity index is 444. The monoisotopic (exact) mass is 295 g/mol. The molecule has 2 rings (SSSR count). The molecule has 0 spiro atoms. The molecule has 3 nitrogen and oxygen atoms in total. The van der Waals surface area contributed by atoms with Gasteiger partial charge in [0.1, 0.15) is 11.7 Å². The van der Waals surface area contributed by atoms with E-state index < -0.39 is 5.92 Å². The molecule has 1 saturated heterocycles. The Morgan fingerprint density at radius 3 is 2.42 bits per heavy atom. The van der Waals surface area contributed by atoms with E-state index in [2.05, 4.69) is 5.32 Å². The number of thioether (sulfide) groups is 2. The van der Waals surface area contributed by atoms with Crippen molar-refractivity contribution < 1.29 is 9.59 Å². The maximum atomic E-state index is 12.3. The number of para-hydroxylation sites is 1. The minimum absolute atomic E-state index is 0.0509. The molecule has 0 bridgehead atoms. The van der Waals surface area contributed by atoms with Crippen LogP contribution in [-0.2, 0) is 9.59 Å². The van der Waals surface area contributed by atoms with Gasteiger partial charge in [-0.1, -0.05) is 18.2 Å². The van der Waals surface area contributed by atoms with Gasteiger partial charge >= 0.3 is 0 Å². The summed E-state index contributed by atoms with van der Waals surface area (Å²) in [4.78, 5) is 24.1. The molecule has 1 aliphatic rings. The van der Waals surface area contributed by atoms with Crippen molar-refractivity contribution in [1.82, 2.24) is 0 Å². The average Bonchev–Trinajstić information content (AvgIpc) is 2.40. The molecule has 0 radical (unpaired) electrons. The molecule has 19 heavy (non-hydrogen) atoms. The average molecular weight is 295 g/mol. The highest BCUT2D eigenvalue weighted by Gasteiger charge is 2.34. The van der Waals surface area contributed by atoms with Gasteiger partial charge in [-0.15, -0.1) is 23.5 Å². The Balaban J connectivity index is 2.06. The Labute approximate surface area is 121 Å². The van der Waals surface area contributed by atoms with Crippen LogP contribution in [0.1, 0.15) is 13.3 Å². The van der Waals surface area contributed by atoms with E-state index in [1.54, 1.807) is 23.5 Å². The van der Waals surface area contributed by atoms with Crippen molar-refractivity contribution in [1.29, 1.82) is 0 Å². The second-order valence-corrected chi connectivity index (χ2v) is 7.20. The van der Waals surface area contributed by atoms with E-state index in [0.717, 1.165) is 23.6 Å². The van der Waals surface area contributed by atoms with Crippen LogP contribution in [0.2, 0.25) is 0 Å². The number of ketones is 1. The predicted molar refractivity (Wildman–Crippen MR) is 82.6 cm³/mol. The van der Waals surface area contributed by atoms with Crippen molar-refractivity contribution in [3.05, 3.63) is 30.3 Å². The number of anilines is 1. The molecule has 0 saturated carbocycles. The van der Waals surface area contributed by atoms with Crippen LogP contribution in [0.4, 0.5) is 5.69 Å². The first-order chi connectivity index (χ1) is 9.18. The van der Waals surface area contributed by atoms with E-state index >= 15 is 0 Å². The molecule has 1 heterocycles.